The topological polar surface area (TPSA) is 0 Å². The highest BCUT2D eigenvalue weighted by atomic mass is 14.4. The lowest BCUT2D eigenvalue weighted by molar-refractivity contribution is 0.157. The minimum atomic E-state index is 0.533. The van der Waals surface area contributed by atoms with Crippen molar-refractivity contribution < 1.29 is 0 Å². The minimum absolute atomic E-state index is 0.533. The summed E-state index contributed by atoms with van der Waals surface area (Å²) in [5, 5.41) is 0. The van der Waals surface area contributed by atoms with Crippen molar-refractivity contribution in [1.82, 2.24) is 0 Å². The van der Waals surface area contributed by atoms with E-state index in [-0.39, 0.29) is 0 Å². The summed E-state index contributed by atoms with van der Waals surface area (Å²) in [5.74, 6) is 1.74. The molecule has 0 nitrogen and oxygen atoms in total. The summed E-state index contributed by atoms with van der Waals surface area (Å²) < 4.78 is 0. The summed E-state index contributed by atoms with van der Waals surface area (Å²) in [5.41, 5.74) is 2.13. The summed E-state index contributed by atoms with van der Waals surface area (Å²) in [7, 11) is 0. The molecule has 1 rings (SSSR count). The van der Waals surface area contributed by atoms with Crippen LogP contribution in [0.2, 0.25) is 0 Å². The second-order valence-corrected chi connectivity index (χ2v) is 6.11. The molecule has 1 aliphatic rings. The van der Waals surface area contributed by atoms with E-state index in [0.717, 1.165) is 11.8 Å². The molecule has 0 bridgehead atoms. The molecule has 82 valence electrons. The largest absolute Gasteiger partial charge is 0.0853 e. The second-order valence-electron chi connectivity index (χ2n) is 6.11. The van der Waals surface area contributed by atoms with Gasteiger partial charge in [0.15, 0.2) is 0 Å². The Morgan fingerprint density at radius 1 is 1.43 bits per heavy atom. The van der Waals surface area contributed by atoms with Crippen molar-refractivity contribution >= 4 is 0 Å². The van der Waals surface area contributed by atoms with Crippen LogP contribution in [0.4, 0.5) is 0 Å². The molecule has 1 unspecified atom stereocenters. The van der Waals surface area contributed by atoms with E-state index in [1.165, 1.54) is 25.7 Å². The fourth-order valence-electron chi connectivity index (χ4n) is 2.89. The van der Waals surface area contributed by atoms with Gasteiger partial charge in [0.05, 0.1) is 0 Å². The molecule has 0 saturated heterocycles. The van der Waals surface area contributed by atoms with Gasteiger partial charge in [-0.1, -0.05) is 39.3 Å². The van der Waals surface area contributed by atoms with Crippen LogP contribution in [0.25, 0.3) is 0 Å². The average molecular weight is 194 g/mol. The van der Waals surface area contributed by atoms with E-state index in [9.17, 15) is 0 Å². The van der Waals surface area contributed by atoms with Gasteiger partial charge >= 0.3 is 0 Å². The third kappa shape index (κ3) is 3.15. The van der Waals surface area contributed by atoms with Gasteiger partial charge in [0.1, 0.15) is 0 Å². The first-order chi connectivity index (χ1) is 6.42. The molecule has 0 aromatic rings. The van der Waals surface area contributed by atoms with E-state index in [1.807, 2.05) is 0 Å². The van der Waals surface area contributed by atoms with E-state index in [0.29, 0.717) is 5.41 Å². The van der Waals surface area contributed by atoms with Crippen molar-refractivity contribution in [2.24, 2.45) is 17.3 Å². The van der Waals surface area contributed by atoms with Crippen LogP contribution in [0.1, 0.15) is 60.3 Å². The Hall–Kier alpha value is -0.260. The summed E-state index contributed by atoms with van der Waals surface area (Å²) in [4.78, 5) is 0. The molecule has 0 spiro atoms. The molecule has 1 atom stereocenters. The van der Waals surface area contributed by atoms with Crippen molar-refractivity contribution in [3.63, 3.8) is 0 Å². The van der Waals surface area contributed by atoms with Crippen LogP contribution in [0.15, 0.2) is 11.6 Å². The third-order valence-corrected chi connectivity index (χ3v) is 3.68. The Labute approximate surface area is 89.8 Å². The Morgan fingerprint density at radius 2 is 2.07 bits per heavy atom. The van der Waals surface area contributed by atoms with Crippen molar-refractivity contribution in [2.45, 2.75) is 60.3 Å². The normalized spacial score (nSPS) is 23.9. The molecule has 1 aliphatic carbocycles. The third-order valence-electron chi connectivity index (χ3n) is 3.68. The molecule has 0 amide bonds. The van der Waals surface area contributed by atoms with Crippen LogP contribution in [-0.2, 0) is 0 Å². The van der Waals surface area contributed by atoms with Crippen molar-refractivity contribution in [3.05, 3.63) is 11.6 Å². The summed E-state index contributed by atoms with van der Waals surface area (Å²) in [6, 6.07) is 0. The fraction of sp³-hybridized carbons (Fsp3) is 0.857. The highest BCUT2D eigenvalue weighted by Gasteiger charge is 2.30. The van der Waals surface area contributed by atoms with Crippen LogP contribution in [0, 0.1) is 17.3 Å². The van der Waals surface area contributed by atoms with Crippen molar-refractivity contribution in [1.29, 1.82) is 0 Å². The molecule has 0 fully saturated rings. The first-order valence-corrected chi connectivity index (χ1v) is 6.07. The molecule has 0 aromatic heterocycles. The van der Waals surface area contributed by atoms with Gasteiger partial charge in [-0.25, -0.2) is 0 Å². The lowest BCUT2D eigenvalue weighted by Gasteiger charge is -2.37. The molecule has 0 saturated carbocycles. The van der Waals surface area contributed by atoms with Crippen molar-refractivity contribution in [3.8, 4) is 0 Å². The van der Waals surface area contributed by atoms with Crippen LogP contribution in [0.3, 0.4) is 0 Å². The molecule has 0 heterocycles. The Balaban J connectivity index is 2.56. The first kappa shape index (κ1) is 11.8. The first-order valence-electron chi connectivity index (χ1n) is 6.07. The van der Waals surface area contributed by atoms with E-state index in [2.05, 4.69) is 40.7 Å². The second kappa shape index (κ2) is 4.51. The van der Waals surface area contributed by atoms with Gasteiger partial charge in [0, 0.05) is 0 Å². The number of hydrogen-bond acceptors (Lipinski definition) is 0. The number of hydrogen-bond donors (Lipinski definition) is 0. The van der Waals surface area contributed by atoms with Gasteiger partial charge in [-0.2, -0.15) is 0 Å². The minimum Gasteiger partial charge on any atom is -0.0853 e. The quantitative estimate of drug-likeness (QED) is 0.566. The fourth-order valence-corrected chi connectivity index (χ4v) is 2.89. The zero-order valence-electron chi connectivity index (χ0n) is 10.6. The molecule has 0 aliphatic heterocycles. The van der Waals surface area contributed by atoms with Crippen LogP contribution >= 0.6 is 0 Å². The highest BCUT2D eigenvalue weighted by Crippen LogP contribution is 2.41. The highest BCUT2D eigenvalue weighted by molar-refractivity contribution is 5.04. The molecule has 0 aromatic carbocycles. The predicted molar refractivity (Wildman–Crippen MR) is 64.3 cm³/mol. The van der Waals surface area contributed by atoms with Crippen LogP contribution in [-0.4, -0.2) is 0 Å². The molecule has 0 heteroatoms. The zero-order valence-corrected chi connectivity index (χ0v) is 10.6. The lowest BCUT2D eigenvalue weighted by Crippen LogP contribution is -2.27. The maximum atomic E-state index is 2.45. The van der Waals surface area contributed by atoms with Gasteiger partial charge in [0.25, 0.3) is 0 Å². The Morgan fingerprint density at radius 3 is 2.50 bits per heavy atom. The van der Waals surface area contributed by atoms with Crippen LogP contribution < -0.4 is 0 Å². The van der Waals surface area contributed by atoms with Gasteiger partial charge in [-0.3, -0.25) is 0 Å². The van der Waals surface area contributed by atoms with Crippen molar-refractivity contribution in [2.75, 3.05) is 0 Å². The van der Waals surface area contributed by atoms with E-state index < -0.39 is 0 Å². The molecule has 14 heavy (non-hydrogen) atoms. The van der Waals surface area contributed by atoms with Crippen LogP contribution in [0.5, 0.6) is 0 Å². The lowest BCUT2D eigenvalue weighted by atomic mass is 9.68. The Kier molecular flexibility index (Phi) is 3.80. The molecule has 0 N–H and O–H groups in total. The summed E-state index contributed by atoms with van der Waals surface area (Å²) >= 11 is 0. The molecular formula is C14H26. The number of allylic oxidation sites excluding steroid dienone is 2. The van der Waals surface area contributed by atoms with Gasteiger partial charge in [-0.05, 0) is 49.9 Å². The van der Waals surface area contributed by atoms with Gasteiger partial charge in [-0.15, -0.1) is 0 Å². The molecule has 0 radical (unpaired) electrons. The maximum Gasteiger partial charge on any atom is -0.0314 e. The average Bonchev–Trinajstić information content (AvgIpc) is 2.02. The maximum absolute atomic E-state index is 2.45. The summed E-state index contributed by atoms with van der Waals surface area (Å²) in [6.45, 7) is 11.8. The predicted octanol–water partition coefficient (Wildman–Crippen LogP) is 4.81. The molecular weight excluding hydrogens is 168 g/mol. The van der Waals surface area contributed by atoms with E-state index in [1.54, 1.807) is 5.57 Å². The van der Waals surface area contributed by atoms with E-state index >= 15 is 0 Å². The van der Waals surface area contributed by atoms with Gasteiger partial charge in [0.2, 0.25) is 0 Å². The Bertz CT molecular complexity index is 208. The summed E-state index contributed by atoms with van der Waals surface area (Å²) in [6.07, 6.45) is 7.86. The monoisotopic (exact) mass is 194 g/mol. The number of rotatable bonds is 3. The zero-order chi connectivity index (χ0) is 10.8. The smallest absolute Gasteiger partial charge is 0.0314 e. The van der Waals surface area contributed by atoms with Gasteiger partial charge < -0.3 is 0 Å². The SMILES string of the molecule is CC1=CCC(C(C)(C)CC(C)C)CC1. The standard InChI is InChI=1S/C14H26/c1-11(2)10-14(4,5)13-8-6-12(3)7-9-13/h6,11,13H,7-10H2,1-5H3. The van der Waals surface area contributed by atoms with E-state index in [4.69, 9.17) is 0 Å².